The molecule has 2 aromatic carbocycles. The number of nitrogens with zero attached hydrogens (tertiary/aromatic N) is 3. The number of hydrogen-bond acceptors (Lipinski definition) is 7. The third-order valence-electron chi connectivity index (χ3n) is 5.47. The molecule has 4 rings (SSSR count). The lowest BCUT2D eigenvalue weighted by molar-refractivity contribution is -0.156. The molecule has 0 spiro atoms. The van der Waals surface area contributed by atoms with Crippen molar-refractivity contribution in [1.29, 1.82) is 0 Å². The van der Waals surface area contributed by atoms with Crippen LogP contribution in [0.3, 0.4) is 0 Å². The fourth-order valence-corrected chi connectivity index (χ4v) is 3.90. The van der Waals surface area contributed by atoms with Crippen molar-refractivity contribution >= 4 is 17.5 Å². The van der Waals surface area contributed by atoms with Crippen LogP contribution in [0.15, 0.2) is 54.0 Å². The molecule has 0 saturated heterocycles. The standard InChI is InChI=1S/C22H23ClF2N4O4/c1-27-19-18(20(31)28(22(27)32)10-3-11-30)29(12-13-6-8-14(23)9-7-13)21(26-19)33-16-5-2-4-15(24)17(16)25/h2,4-9,21-22,26,30,32H,3,10-12H2,1H3. The summed E-state index contributed by atoms with van der Waals surface area (Å²) in [4.78, 5) is 17.6. The minimum atomic E-state index is -1.28. The highest BCUT2D eigenvalue weighted by Gasteiger charge is 2.46. The number of ether oxygens (including phenoxy) is 1. The second kappa shape index (κ2) is 9.42. The van der Waals surface area contributed by atoms with Crippen LogP contribution in [0, 0.1) is 11.6 Å². The molecule has 0 aliphatic carbocycles. The predicted molar refractivity (Wildman–Crippen MR) is 115 cm³/mol. The van der Waals surface area contributed by atoms with Crippen molar-refractivity contribution in [3.05, 3.63) is 76.2 Å². The molecule has 2 aliphatic rings. The van der Waals surface area contributed by atoms with Crippen LogP contribution in [0.4, 0.5) is 8.78 Å². The fourth-order valence-electron chi connectivity index (χ4n) is 3.77. The van der Waals surface area contributed by atoms with E-state index in [0.29, 0.717) is 5.02 Å². The molecule has 2 aromatic rings. The summed E-state index contributed by atoms with van der Waals surface area (Å²) in [7, 11) is 1.58. The van der Waals surface area contributed by atoms with Crippen LogP contribution in [-0.2, 0) is 11.3 Å². The van der Waals surface area contributed by atoms with Crippen molar-refractivity contribution in [3.8, 4) is 5.75 Å². The lowest BCUT2D eigenvalue weighted by Gasteiger charge is -2.40. The Morgan fingerprint density at radius 1 is 1.15 bits per heavy atom. The molecule has 2 aliphatic heterocycles. The Labute approximate surface area is 194 Å². The quantitative estimate of drug-likeness (QED) is 0.558. The molecule has 0 saturated carbocycles. The van der Waals surface area contributed by atoms with Gasteiger partial charge in [-0.15, -0.1) is 0 Å². The molecule has 3 N–H and O–H groups in total. The summed E-state index contributed by atoms with van der Waals surface area (Å²) in [5.41, 5.74) is 0.976. The van der Waals surface area contributed by atoms with Crippen molar-refractivity contribution < 1.29 is 28.5 Å². The zero-order valence-corrected chi connectivity index (χ0v) is 18.5. The second-order valence-corrected chi connectivity index (χ2v) is 8.09. The molecule has 0 radical (unpaired) electrons. The van der Waals surface area contributed by atoms with E-state index in [1.54, 1.807) is 36.2 Å². The third-order valence-corrected chi connectivity index (χ3v) is 5.73. The lowest BCUT2D eigenvalue weighted by atomic mass is 10.2. The van der Waals surface area contributed by atoms with Gasteiger partial charge >= 0.3 is 0 Å². The lowest BCUT2D eigenvalue weighted by Crippen LogP contribution is -2.55. The molecule has 8 nitrogen and oxygen atoms in total. The summed E-state index contributed by atoms with van der Waals surface area (Å²) in [5, 5.41) is 23.4. The van der Waals surface area contributed by atoms with E-state index in [-0.39, 0.29) is 43.4 Å². The average molecular weight is 481 g/mol. The summed E-state index contributed by atoms with van der Waals surface area (Å²) in [5.74, 6) is -2.76. The van der Waals surface area contributed by atoms with Gasteiger partial charge in [-0.2, -0.15) is 4.39 Å². The number of benzene rings is 2. The monoisotopic (exact) mass is 480 g/mol. The van der Waals surface area contributed by atoms with E-state index in [0.717, 1.165) is 11.6 Å². The Morgan fingerprint density at radius 2 is 1.88 bits per heavy atom. The number of amides is 1. The van der Waals surface area contributed by atoms with Gasteiger partial charge in [0, 0.05) is 31.8 Å². The summed E-state index contributed by atoms with van der Waals surface area (Å²) in [6.07, 6.45) is -2.08. The minimum absolute atomic E-state index is 0.121. The molecule has 11 heteroatoms. The van der Waals surface area contributed by atoms with E-state index in [4.69, 9.17) is 16.3 Å². The third kappa shape index (κ3) is 4.41. The van der Waals surface area contributed by atoms with Gasteiger partial charge in [0.15, 0.2) is 11.6 Å². The van der Waals surface area contributed by atoms with Gasteiger partial charge in [0.1, 0.15) is 11.5 Å². The van der Waals surface area contributed by atoms with Crippen molar-refractivity contribution in [2.24, 2.45) is 0 Å². The molecule has 1 amide bonds. The maximum atomic E-state index is 14.3. The average Bonchev–Trinajstić information content (AvgIpc) is 3.15. The summed E-state index contributed by atoms with van der Waals surface area (Å²) < 4.78 is 33.8. The number of hydrogen-bond donors (Lipinski definition) is 3. The number of rotatable bonds is 7. The number of aliphatic hydroxyl groups is 2. The Morgan fingerprint density at radius 3 is 2.58 bits per heavy atom. The van der Waals surface area contributed by atoms with E-state index in [1.165, 1.54) is 21.9 Å². The van der Waals surface area contributed by atoms with Gasteiger partial charge < -0.3 is 30.1 Å². The zero-order valence-electron chi connectivity index (χ0n) is 17.7. The second-order valence-electron chi connectivity index (χ2n) is 7.65. The molecule has 176 valence electrons. The van der Waals surface area contributed by atoms with Gasteiger partial charge in [-0.25, -0.2) is 4.39 Å². The highest BCUT2D eigenvalue weighted by molar-refractivity contribution is 6.30. The van der Waals surface area contributed by atoms with E-state index >= 15 is 0 Å². The molecular weight excluding hydrogens is 458 g/mol. The first kappa shape index (κ1) is 23.1. The van der Waals surface area contributed by atoms with Gasteiger partial charge in [-0.1, -0.05) is 29.8 Å². The topological polar surface area (TPSA) is 88.5 Å². The van der Waals surface area contributed by atoms with Crippen molar-refractivity contribution in [2.75, 3.05) is 20.2 Å². The predicted octanol–water partition coefficient (Wildman–Crippen LogP) is 1.99. The van der Waals surface area contributed by atoms with Gasteiger partial charge in [0.2, 0.25) is 12.2 Å². The van der Waals surface area contributed by atoms with Gasteiger partial charge in [-0.05, 0) is 36.2 Å². The first-order chi connectivity index (χ1) is 15.8. The maximum absolute atomic E-state index is 14.3. The maximum Gasteiger partial charge on any atom is 0.277 e. The largest absolute Gasteiger partial charge is 0.449 e. The Hall–Kier alpha value is -3.08. The smallest absolute Gasteiger partial charge is 0.277 e. The number of nitrogens with one attached hydrogen (secondary N) is 1. The Bertz CT molecular complexity index is 1070. The zero-order chi connectivity index (χ0) is 23.7. The number of carbonyl (C=O) groups excluding carboxylic acids is 1. The van der Waals surface area contributed by atoms with Crippen LogP contribution in [0.25, 0.3) is 0 Å². The van der Waals surface area contributed by atoms with Crippen LogP contribution in [0.2, 0.25) is 5.02 Å². The fraction of sp³-hybridized carbons (Fsp3) is 0.318. The molecule has 0 fully saturated rings. The molecule has 2 heterocycles. The first-order valence-electron chi connectivity index (χ1n) is 10.3. The molecule has 33 heavy (non-hydrogen) atoms. The van der Waals surface area contributed by atoms with Crippen LogP contribution in [0.5, 0.6) is 5.75 Å². The molecule has 2 atom stereocenters. The highest BCUT2D eigenvalue weighted by atomic mass is 35.5. The SMILES string of the molecule is CN1C2=C(C(=O)N(CCCO)C1O)N(Cc1ccc(Cl)cc1)C(Oc1cccc(F)c1F)N2. The van der Waals surface area contributed by atoms with Gasteiger partial charge in [0.05, 0.1) is 0 Å². The summed E-state index contributed by atoms with van der Waals surface area (Å²) in [6, 6.07) is 10.5. The van der Waals surface area contributed by atoms with Crippen molar-refractivity contribution in [1.82, 2.24) is 20.0 Å². The van der Waals surface area contributed by atoms with E-state index in [2.05, 4.69) is 5.32 Å². The van der Waals surface area contributed by atoms with E-state index in [1.807, 2.05) is 0 Å². The van der Waals surface area contributed by atoms with Crippen LogP contribution in [-0.4, -0.2) is 63.7 Å². The summed E-state index contributed by atoms with van der Waals surface area (Å²) >= 11 is 5.98. The normalized spacial score (nSPS) is 20.3. The number of halogens is 3. The number of carbonyl (C=O) groups is 1. The molecule has 2 unspecified atom stereocenters. The molecule has 0 bridgehead atoms. The first-order valence-corrected chi connectivity index (χ1v) is 10.6. The molecular formula is C22H23ClF2N4O4. The minimum Gasteiger partial charge on any atom is -0.449 e. The van der Waals surface area contributed by atoms with Crippen LogP contribution >= 0.6 is 11.6 Å². The van der Waals surface area contributed by atoms with Crippen molar-refractivity contribution in [2.45, 2.75) is 25.7 Å². The van der Waals surface area contributed by atoms with Crippen molar-refractivity contribution in [3.63, 3.8) is 0 Å². The summed E-state index contributed by atoms with van der Waals surface area (Å²) in [6.45, 7) is 0.147. The molecule has 0 aromatic heterocycles. The Balaban J connectivity index is 1.70. The van der Waals surface area contributed by atoms with Crippen LogP contribution < -0.4 is 10.1 Å². The van der Waals surface area contributed by atoms with E-state index in [9.17, 15) is 23.8 Å². The van der Waals surface area contributed by atoms with E-state index < -0.39 is 30.2 Å². The Kier molecular flexibility index (Phi) is 6.59. The highest BCUT2D eigenvalue weighted by Crippen LogP contribution is 2.33. The van der Waals surface area contributed by atoms with Crippen LogP contribution in [0.1, 0.15) is 12.0 Å². The van der Waals surface area contributed by atoms with Gasteiger partial charge in [-0.3, -0.25) is 9.69 Å². The van der Waals surface area contributed by atoms with Gasteiger partial charge in [0.25, 0.3) is 12.3 Å². The number of aliphatic hydroxyl groups excluding tert-OH is 2.